The first-order chi connectivity index (χ1) is 22.1. The number of benzene rings is 6. The third-order valence-corrected chi connectivity index (χ3v) is 9.42. The summed E-state index contributed by atoms with van der Waals surface area (Å²) in [6.45, 7) is 0. The van der Waals surface area contributed by atoms with Crippen LogP contribution in [0.3, 0.4) is 0 Å². The molecule has 7 heteroatoms. The van der Waals surface area contributed by atoms with Crippen molar-refractivity contribution < 1.29 is 8.42 Å². The van der Waals surface area contributed by atoms with Crippen molar-refractivity contribution in [1.82, 2.24) is 9.13 Å². The first-order valence-electron chi connectivity index (χ1n) is 14.7. The van der Waals surface area contributed by atoms with Gasteiger partial charge in [-0.15, -0.1) is 8.80 Å². The Kier molecular flexibility index (Phi) is 5.48. The molecule has 0 spiro atoms. The first-order valence-corrected chi connectivity index (χ1v) is 16.1. The van der Waals surface area contributed by atoms with Crippen molar-refractivity contribution in [3.05, 3.63) is 157 Å². The molecule has 6 aromatic carbocycles. The number of fused-ring (bicyclic) bond motifs is 6. The number of aromatic nitrogens is 2. The minimum atomic E-state index is -4.00. The van der Waals surface area contributed by atoms with E-state index < -0.39 is 10.2 Å². The standard InChI is InChI=1S/C38H24N4O2S/c43-45(44)39-37(25-17-21-27(22-18-25)41-33-13-5-1-9-29(33)30-10-2-6-14-34(30)41)38(40-45)26-19-23-28(24-20-26)42-35-15-7-3-11-31(35)32-12-4-8-16-36(32)42/h1-24H. The summed E-state index contributed by atoms with van der Waals surface area (Å²) < 4.78 is 38.0. The van der Waals surface area contributed by atoms with Crippen LogP contribution in [0.5, 0.6) is 0 Å². The number of hydrogen-bond donors (Lipinski definition) is 0. The van der Waals surface area contributed by atoms with Crippen LogP contribution in [0.2, 0.25) is 0 Å². The molecule has 2 aromatic heterocycles. The van der Waals surface area contributed by atoms with Gasteiger partial charge in [0.05, 0.1) is 22.1 Å². The van der Waals surface area contributed by atoms with Crippen LogP contribution in [-0.4, -0.2) is 29.0 Å². The van der Waals surface area contributed by atoms with E-state index in [0.717, 1.165) is 33.4 Å². The molecule has 6 nitrogen and oxygen atoms in total. The maximum atomic E-state index is 12.7. The lowest BCUT2D eigenvalue weighted by molar-refractivity contribution is 0.601. The fraction of sp³-hybridized carbons (Fsp3) is 0. The zero-order valence-electron chi connectivity index (χ0n) is 23.9. The maximum Gasteiger partial charge on any atom is 0.364 e. The van der Waals surface area contributed by atoms with Gasteiger partial charge in [-0.2, -0.15) is 8.42 Å². The van der Waals surface area contributed by atoms with E-state index in [4.69, 9.17) is 0 Å². The van der Waals surface area contributed by atoms with Gasteiger partial charge in [0.15, 0.2) is 0 Å². The number of rotatable bonds is 4. The Morgan fingerprint density at radius 1 is 0.378 bits per heavy atom. The van der Waals surface area contributed by atoms with E-state index in [1.807, 2.05) is 72.8 Å². The van der Waals surface area contributed by atoms with Gasteiger partial charge in [0, 0.05) is 44.0 Å². The molecule has 8 aromatic rings. The molecule has 45 heavy (non-hydrogen) atoms. The van der Waals surface area contributed by atoms with Crippen molar-refractivity contribution in [2.75, 3.05) is 0 Å². The van der Waals surface area contributed by atoms with E-state index in [1.165, 1.54) is 21.5 Å². The summed E-state index contributed by atoms with van der Waals surface area (Å²) >= 11 is 0. The normalized spacial score (nSPS) is 14.4. The second-order valence-corrected chi connectivity index (χ2v) is 12.4. The summed E-state index contributed by atoms with van der Waals surface area (Å²) in [6.07, 6.45) is 0. The molecule has 9 rings (SSSR count). The lowest BCUT2D eigenvalue weighted by atomic mass is 9.99. The van der Waals surface area contributed by atoms with Gasteiger partial charge in [0.25, 0.3) is 0 Å². The SMILES string of the molecule is O=S1(=O)N=C(c2ccc(-n3c4ccccc4c4ccccc43)cc2)C(c2ccc(-n3c4ccccc4c4ccccc43)cc2)=N1. The number of nitrogens with zero attached hydrogens (tertiary/aromatic N) is 4. The van der Waals surface area contributed by atoms with Gasteiger partial charge in [0.1, 0.15) is 11.4 Å². The van der Waals surface area contributed by atoms with Crippen molar-refractivity contribution in [3.8, 4) is 11.4 Å². The third kappa shape index (κ3) is 3.98. The Balaban J connectivity index is 1.10. The molecule has 0 amide bonds. The van der Waals surface area contributed by atoms with Gasteiger partial charge in [-0.25, -0.2) is 0 Å². The van der Waals surface area contributed by atoms with Gasteiger partial charge in [-0.05, 0) is 48.5 Å². The Morgan fingerprint density at radius 2 is 0.667 bits per heavy atom. The maximum absolute atomic E-state index is 12.7. The average Bonchev–Trinajstić information content (AvgIpc) is 3.72. The lowest BCUT2D eigenvalue weighted by Crippen LogP contribution is -2.14. The van der Waals surface area contributed by atoms with Crippen LogP contribution in [0, 0.1) is 0 Å². The van der Waals surface area contributed by atoms with E-state index in [1.54, 1.807) is 0 Å². The molecule has 0 radical (unpaired) electrons. The molecule has 0 atom stereocenters. The zero-order chi connectivity index (χ0) is 30.1. The molecule has 1 aliphatic heterocycles. The summed E-state index contributed by atoms with van der Waals surface area (Å²) in [5.74, 6) is 0. The molecule has 214 valence electrons. The molecular weight excluding hydrogens is 577 g/mol. The highest BCUT2D eigenvalue weighted by Gasteiger charge is 2.27. The fourth-order valence-corrected chi connectivity index (χ4v) is 7.54. The monoisotopic (exact) mass is 600 g/mol. The van der Waals surface area contributed by atoms with Crippen LogP contribution in [-0.2, 0) is 10.2 Å². The molecule has 0 unspecified atom stereocenters. The first kappa shape index (κ1) is 25.7. The predicted molar refractivity (Wildman–Crippen MR) is 184 cm³/mol. The topological polar surface area (TPSA) is 68.7 Å². The highest BCUT2D eigenvalue weighted by Crippen LogP contribution is 2.34. The fourth-order valence-electron chi connectivity index (χ4n) is 6.65. The summed E-state index contributed by atoms with van der Waals surface area (Å²) in [4.78, 5) is 0. The average molecular weight is 601 g/mol. The van der Waals surface area contributed by atoms with Gasteiger partial charge in [-0.1, -0.05) is 97.1 Å². The molecule has 0 aliphatic carbocycles. The van der Waals surface area contributed by atoms with Crippen LogP contribution in [0.25, 0.3) is 55.0 Å². The quantitative estimate of drug-likeness (QED) is 0.204. The Morgan fingerprint density at radius 3 is 0.978 bits per heavy atom. The second-order valence-electron chi connectivity index (χ2n) is 11.2. The molecule has 0 saturated heterocycles. The van der Waals surface area contributed by atoms with Crippen LogP contribution in [0.1, 0.15) is 11.1 Å². The molecule has 0 saturated carbocycles. The number of hydrogen-bond acceptors (Lipinski definition) is 2. The molecular formula is C38H24N4O2S. The molecule has 0 bridgehead atoms. The van der Waals surface area contributed by atoms with Crippen molar-refractivity contribution in [3.63, 3.8) is 0 Å². The van der Waals surface area contributed by atoms with Crippen LogP contribution >= 0.6 is 0 Å². The van der Waals surface area contributed by atoms with Gasteiger partial charge in [-0.3, -0.25) is 0 Å². The zero-order valence-corrected chi connectivity index (χ0v) is 24.7. The Hall–Kier alpha value is -5.79. The van der Waals surface area contributed by atoms with Crippen LogP contribution in [0.4, 0.5) is 0 Å². The van der Waals surface area contributed by atoms with E-state index >= 15 is 0 Å². The van der Waals surface area contributed by atoms with Crippen molar-refractivity contribution in [2.45, 2.75) is 0 Å². The van der Waals surface area contributed by atoms with E-state index in [2.05, 4.69) is 90.7 Å². The van der Waals surface area contributed by atoms with Crippen molar-refractivity contribution >= 4 is 65.2 Å². The second kappa shape index (κ2) is 9.61. The van der Waals surface area contributed by atoms with Gasteiger partial charge in [0.2, 0.25) is 0 Å². The lowest BCUT2D eigenvalue weighted by Gasteiger charge is -2.11. The predicted octanol–water partition coefficient (Wildman–Crippen LogP) is 8.42. The van der Waals surface area contributed by atoms with Gasteiger partial charge < -0.3 is 9.13 Å². The van der Waals surface area contributed by atoms with Crippen molar-refractivity contribution in [2.24, 2.45) is 8.80 Å². The third-order valence-electron chi connectivity index (χ3n) is 8.60. The van der Waals surface area contributed by atoms with E-state index in [9.17, 15) is 8.42 Å². The highest BCUT2D eigenvalue weighted by atomic mass is 32.2. The Labute approximate surface area is 259 Å². The summed E-state index contributed by atoms with van der Waals surface area (Å²) in [7, 11) is -4.00. The largest absolute Gasteiger partial charge is 0.364 e. The Bertz CT molecular complexity index is 2360. The minimum Gasteiger partial charge on any atom is -0.309 e. The molecule has 0 fully saturated rings. The summed E-state index contributed by atoms with van der Waals surface area (Å²) in [5, 5.41) is 4.73. The molecule has 0 N–H and O–H groups in total. The summed E-state index contributed by atoms with van der Waals surface area (Å²) in [5.41, 5.74) is 8.45. The molecule has 3 heterocycles. The number of para-hydroxylation sites is 4. The smallest absolute Gasteiger partial charge is 0.309 e. The van der Waals surface area contributed by atoms with E-state index in [-0.39, 0.29) is 0 Å². The highest BCUT2D eigenvalue weighted by molar-refractivity contribution is 7.89. The van der Waals surface area contributed by atoms with Crippen LogP contribution in [0.15, 0.2) is 154 Å². The van der Waals surface area contributed by atoms with E-state index in [0.29, 0.717) is 22.6 Å². The van der Waals surface area contributed by atoms with Crippen molar-refractivity contribution in [1.29, 1.82) is 0 Å². The summed E-state index contributed by atoms with van der Waals surface area (Å²) in [6, 6.07) is 49.1. The van der Waals surface area contributed by atoms with Gasteiger partial charge >= 0.3 is 10.2 Å². The molecule has 1 aliphatic rings. The minimum absolute atomic E-state index is 0.341. The van der Waals surface area contributed by atoms with Crippen LogP contribution < -0.4 is 0 Å².